The van der Waals surface area contributed by atoms with E-state index in [1.807, 2.05) is 4.90 Å². The summed E-state index contributed by atoms with van der Waals surface area (Å²) in [4.78, 5) is 6.27. The SMILES string of the molecule is CCCCN=C(NN)N1CCCS(=O)(=O)CC1. The maximum absolute atomic E-state index is 11.5. The highest BCUT2D eigenvalue weighted by Crippen LogP contribution is 2.05. The van der Waals surface area contributed by atoms with Crippen LogP contribution in [0.5, 0.6) is 0 Å². The summed E-state index contributed by atoms with van der Waals surface area (Å²) in [7, 11) is -2.88. The number of hydrogen-bond acceptors (Lipinski definition) is 4. The van der Waals surface area contributed by atoms with Crippen LogP contribution in [0.3, 0.4) is 0 Å². The highest BCUT2D eigenvalue weighted by molar-refractivity contribution is 7.91. The van der Waals surface area contributed by atoms with Crippen LogP contribution >= 0.6 is 0 Å². The first-order valence-electron chi connectivity index (χ1n) is 6.05. The molecule has 1 aliphatic heterocycles. The van der Waals surface area contributed by atoms with E-state index < -0.39 is 9.84 Å². The van der Waals surface area contributed by atoms with E-state index in [4.69, 9.17) is 5.84 Å². The highest BCUT2D eigenvalue weighted by atomic mass is 32.2. The largest absolute Gasteiger partial charge is 0.341 e. The van der Waals surface area contributed by atoms with Crippen molar-refractivity contribution in [3.63, 3.8) is 0 Å². The number of nitrogens with one attached hydrogen (secondary N) is 1. The molecule has 17 heavy (non-hydrogen) atoms. The number of guanidine groups is 1. The minimum absolute atomic E-state index is 0.182. The summed E-state index contributed by atoms with van der Waals surface area (Å²) in [5.41, 5.74) is 2.57. The van der Waals surface area contributed by atoms with Crippen molar-refractivity contribution >= 4 is 15.8 Å². The molecule has 0 aromatic rings. The lowest BCUT2D eigenvalue weighted by Crippen LogP contribution is -2.46. The van der Waals surface area contributed by atoms with Gasteiger partial charge in [-0.1, -0.05) is 13.3 Å². The standard InChI is InChI=1S/C10H22N4O2S/c1-2-3-5-12-10(13-11)14-6-4-8-17(15,16)9-7-14/h2-9,11H2,1H3,(H,12,13). The van der Waals surface area contributed by atoms with Crippen molar-refractivity contribution in [2.45, 2.75) is 26.2 Å². The van der Waals surface area contributed by atoms with Crippen LogP contribution in [0.25, 0.3) is 0 Å². The van der Waals surface area contributed by atoms with E-state index in [2.05, 4.69) is 17.3 Å². The molecule has 1 rings (SSSR count). The van der Waals surface area contributed by atoms with E-state index in [9.17, 15) is 8.42 Å². The fourth-order valence-corrected chi connectivity index (χ4v) is 3.00. The molecule has 0 unspecified atom stereocenters. The van der Waals surface area contributed by atoms with E-state index in [0.29, 0.717) is 25.5 Å². The zero-order valence-corrected chi connectivity index (χ0v) is 11.2. The van der Waals surface area contributed by atoms with Gasteiger partial charge in [0.15, 0.2) is 9.84 Å². The fourth-order valence-electron chi connectivity index (χ4n) is 1.73. The molecule has 0 spiro atoms. The van der Waals surface area contributed by atoms with Gasteiger partial charge in [-0.25, -0.2) is 14.3 Å². The molecular weight excluding hydrogens is 240 g/mol. The van der Waals surface area contributed by atoms with Crippen LogP contribution in [0.2, 0.25) is 0 Å². The summed E-state index contributed by atoms with van der Waals surface area (Å²) in [6.07, 6.45) is 2.73. The van der Waals surface area contributed by atoms with Crippen LogP contribution in [0, 0.1) is 0 Å². The molecule has 0 atom stereocenters. The van der Waals surface area contributed by atoms with Crippen LogP contribution in [0.15, 0.2) is 4.99 Å². The lowest BCUT2D eigenvalue weighted by Gasteiger charge is -2.22. The predicted molar refractivity (Wildman–Crippen MR) is 69.4 cm³/mol. The fraction of sp³-hybridized carbons (Fsp3) is 0.900. The second-order valence-corrected chi connectivity index (χ2v) is 6.50. The number of unbranched alkanes of at least 4 members (excludes halogenated alkanes) is 1. The molecule has 1 heterocycles. The number of sulfone groups is 1. The van der Waals surface area contributed by atoms with Crippen molar-refractivity contribution in [3.05, 3.63) is 0 Å². The molecule has 1 saturated heterocycles. The number of nitrogens with two attached hydrogens (primary N) is 1. The Morgan fingerprint density at radius 1 is 1.41 bits per heavy atom. The van der Waals surface area contributed by atoms with Crippen molar-refractivity contribution in [2.75, 3.05) is 31.1 Å². The molecule has 0 radical (unpaired) electrons. The van der Waals surface area contributed by atoms with Crippen LogP contribution in [-0.4, -0.2) is 50.4 Å². The van der Waals surface area contributed by atoms with Gasteiger partial charge in [-0.3, -0.25) is 10.4 Å². The molecule has 0 aromatic carbocycles. The molecular formula is C10H22N4O2S. The third kappa shape index (κ3) is 4.91. The lowest BCUT2D eigenvalue weighted by atomic mass is 10.3. The Hall–Kier alpha value is -0.820. The molecule has 1 fully saturated rings. The van der Waals surface area contributed by atoms with Gasteiger partial charge in [0.05, 0.1) is 11.5 Å². The average Bonchev–Trinajstić information content (AvgIpc) is 2.46. The maximum atomic E-state index is 11.5. The predicted octanol–water partition coefficient (Wildman–Crippen LogP) is -0.274. The Balaban J connectivity index is 2.60. The first-order chi connectivity index (χ1) is 8.09. The van der Waals surface area contributed by atoms with Gasteiger partial charge in [-0.05, 0) is 12.8 Å². The number of nitrogens with zero attached hydrogens (tertiary/aromatic N) is 2. The minimum atomic E-state index is -2.88. The first-order valence-corrected chi connectivity index (χ1v) is 7.87. The first kappa shape index (κ1) is 14.2. The summed E-state index contributed by atoms with van der Waals surface area (Å²) in [6, 6.07) is 0. The third-order valence-electron chi connectivity index (χ3n) is 2.76. The van der Waals surface area contributed by atoms with Gasteiger partial charge in [0, 0.05) is 19.6 Å². The summed E-state index contributed by atoms with van der Waals surface area (Å²) >= 11 is 0. The summed E-state index contributed by atoms with van der Waals surface area (Å²) in [5, 5.41) is 0. The number of hydrogen-bond donors (Lipinski definition) is 2. The molecule has 1 aliphatic rings. The van der Waals surface area contributed by atoms with E-state index in [1.165, 1.54) is 0 Å². The molecule has 0 bridgehead atoms. The molecule has 0 amide bonds. The molecule has 0 aromatic heterocycles. The van der Waals surface area contributed by atoms with Crippen molar-refractivity contribution in [3.8, 4) is 0 Å². The topological polar surface area (TPSA) is 87.8 Å². The Bertz CT molecular complexity index is 353. The second kappa shape index (κ2) is 6.80. The second-order valence-electron chi connectivity index (χ2n) is 4.20. The molecule has 100 valence electrons. The third-order valence-corrected chi connectivity index (χ3v) is 4.47. The monoisotopic (exact) mass is 262 g/mol. The molecule has 6 nitrogen and oxygen atoms in total. The molecule has 0 aliphatic carbocycles. The van der Waals surface area contributed by atoms with Gasteiger partial charge in [0.1, 0.15) is 0 Å². The molecule has 3 N–H and O–H groups in total. The van der Waals surface area contributed by atoms with Gasteiger partial charge in [-0.2, -0.15) is 0 Å². The number of hydrazine groups is 1. The Kier molecular flexibility index (Phi) is 5.70. The molecule has 7 heteroatoms. The zero-order chi connectivity index (χ0) is 12.7. The van der Waals surface area contributed by atoms with E-state index in [1.54, 1.807) is 0 Å². The van der Waals surface area contributed by atoms with Gasteiger partial charge in [-0.15, -0.1) is 0 Å². The van der Waals surface area contributed by atoms with Crippen LogP contribution in [0.4, 0.5) is 0 Å². The van der Waals surface area contributed by atoms with E-state index >= 15 is 0 Å². The Morgan fingerprint density at radius 2 is 2.18 bits per heavy atom. The smallest absolute Gasteiger partial charge is 0.208 e. The minimum Gasteiger partial charge on any atom is -0.341 e. The number of aliphatic imine (C=N–C) groups is 1. The molecule has 0 saturated carbocycles. The summed E-state index contributed by atoms with van der Waals surface area (Å²) < 4.78 is 22.9. The van der Waals surface area contributed by atoms with Crippen molar-refractivity contribution in [1.29, 1.82) is 0 Å². The average molecular weight is 262 g/mol. The zero-order valence-electron chi connectivity index (χ0n) is 10.4. The van der Waals surface area contributed by atoms with E-state index in [0.717, 1.165) is 19.4 Å². The van der Waals surface area contributed by atoms with Crippen LogP contribution in [-0.2, 0) is 9.84 Å². The lowest BCUT2D eigenvalue weighted by molar-refractivity contribution is 0.431. The Labute approximate surface area is 103 Å². The van der Waals surface area contributed by atoms with Gasteiger partial charge >= 0.3 is 0 Å². The van der Waals surface area contributed by atoms with Crippen LogP contribution < -0.4 is 11.3 Å². The summed E-state index contributed by atoms with van der Waals surface area (Å²) in [6.45, 7) is 3.98. The maximum Gasteiger partial charge on any atom is 0.208 e. The number of rotatable bonds is 3. The highest BCUT2D eigenvalue weighted by Gasteiger charge is 2.20. The van der Waals surface area contributed by atoms with Gasteiger partial charge in [0.25, 0.3) is 0 Å². The van der Waals surface area contributed by atoms with Gasteiger partial charge in [0.2, 0.25) is 5.96 Å². The summed E-state index contributed by atoms with van der Waals surface area (Å²) in [5.74, 6) is 6.48. The van der Waals surface area contributed by atoms with Crippen LogP contribution in [0.1, 0.15) is 26.2 Å². The normalized spacial score (nSPS) is 21.1. The van der Waals surface area contributed by atoms with Crippen molar-refractivity contribution in [2.24, 2.45) is 10.8 Å². The van der Waals surface area contributed by atoms with Crippen molar-refractivity contribution < 1.29 is 8.42 Å². The van der Waals surface area contributed by atoms with Crippen molar-refractivity contribution in [1.82, 2.24) is 10.3 Å². The van der Waals surface area contributed by atoms with Gasteiger partial charge < -0.3 is 4.90 Å². The quantitative estimate of drug-likeness (QED) is 0.240. The Morgan fingerprint density at radius 3 is 2.82 bits per heavy atom. The van der Waals surface area contributed by atoms with E-state index in [-0.39, 0.29) is 11.5 Å².